The van der Waals surface area contributed by atoms with Gasteiger partial charge in [-0.05, 0) is 57.5 Å². The highest BCUT2D eigenvalue weighted by molar-refractivity contribution is 7.89. The molecule has 3 N–H and O–H groups in total. The molecule has 2 rings (SSSR count). The number of hydrogen-bond acceptors (Lipinski definition) is 6. The van der Waals surface area contributed by atoms with Crippen LogP contribution in [0.4, 0.5) is 11.4 Å². The van der Waals surface area contributed by atoms with Crippen molar-refractivity contribution in [3.8, 4) is 0 Å². The maximum atomic E-state index is 11.7. The van der Waals surface area contributed by atoms with Gasteiger partial charge < -0.3 is 10.6 Å². The summed E-state index contributed by atoms with van der Waals surface area (Å²) in [4.78, 5) is 10.5. The van der Waals surface area contributed by atoms with Gasteiger partial charge >= 0.3 is 0 Å². The van der Waals surface area contributed by atoms with Gasteiger partial charge in [-0.1, -0.05) is 0 Å². The van der Waals surface area contributed by atoms with Crippen LogP contribution in [0.3, 0.4) is 0 Å². The summed E-state index contributed by atoms with van der Waals surface area (Å²) in [5, 5.41) is 17.6. The summed E-state index contributed by atoms with van der Waals surface area (Å²) in [6.45, 7) is 2.64. The van der Waals surface area contributed by atoms with Gasteiger partial charge in [-0.25, -0.2) is 13.1 Å². The molecular weight excluding hydrogens is 320 g/mol. The van der Waals surface area contributed by atoms with Gasteiger partial charge in [0, 0.05) is 12.6 Å². The van der Waals surface area contributed by atoms with E-state index in [4.69, 9.17) is 0 Å². The van der Waals surface area contributed by atoms with Crippen LogP contribution in [0.5, 0.6) is 0 Å². The number of nitrogens with zero attached hydrogens (tertiary/aromatic N) is 1. The van der Waals surface area contributed by atoms with Crippen LogP contribution in [0, 0.1) is 16.0 Å². The largest absolute Gasteiger partial charge is 0.379 e. The zero-order chi connectivity index (χ0) is 16.9. The Morgan fingerprint density at radius 2 is 2.22 bits per heavy atom. The van der Waals surface area contributed by atoms with Gasteiger partial charge in [0.25, 0.3) is 5.69 Å². The first-order valence-electron chi connectivity index (χ1n) is 7.60. The summed E-state index contributed by atoms with van der Waals surface area (Å²) in [7, 11) is -2.43. The quantitative estimate of drug-likeness (QED) is 0.508. The summed E-state index contributed by atoms with van der Waals surface area (Å²) in [5.74, 6) is 0.569. The van der Waals surface area contributed by atoms with E-state index in [1.165, 1.54) is 19.2 Å². The number of nitro groups is 1. The van der Waals surface area contributed by atoms with Gasteiger partial charge in [-0.2, -0.15) is 0 Å². The van der Waals surface area contributed by atoms with Gasteiger partial charge in [-0.3, -0.25) is 10.1 Å². The minimum Gasteiger partial charge on any atom is -0.379 e. The molecule has 0 aromatic heterocycles. The third-order valence-electron chi connectivity index (χ3n) is 4.01. The number of piperidine rings is 1. The summed E-state index contributed by atoms with van der Waals surface area (Å²) >= 11 is 0. The molecule has 23 heavy (non-hydrogen) atoms. The Bertz CT molecular complexity index is 657. The normalized spacial score (nSPS) is 18.6. The maximum absolute atomic E-state index is 11.7. The molecule has 9 heteroatoms. The molecule has 8 nitrogen and oxygen atoms in total. The average molecular weight is 342 g/mol. The van der Waals surface area contributed by atoms with E-state index in [0.29, 0.717) is 18.2 Å². The highest BCUT2D eigenvalue weighted by Gasteiger charge is 2.20. The zero-order valence-corrected chi connectivity index (χ0v) is 13.9. The number of anilines is 1. The van der Waals surface area contributed by atoms with Crippen LogP contribution in [0.15, 0.2) is 23.1 Å². The molecule has 0 radical (unpaired) electrons. The smallest absolute Gasteiger partial charge is 0.293 e. The first-order valence-corrected chi connectivity index (χ1v) is 9.09. The first kappa shape index (κ1) is 17.6. The van der Waals surface area contributed by atoms with Crippen LogP contribution in [0.2, 0.25) is 0 Å². The first-order chi connectivity index (χ1) is 10.9. The molecule has 0 spiro atoms. The van der Waals surface area contributed by atoms with E-state index in [-0.39, 0.29) is 10.6 Å². The predicted octanol–water partition coefficient (Wildman–Crippen LogP) is 1.30. The minimum atomic E-state index is -3.70. The Morgan fingerprint density at radius 1 is 1.43 bits per heavy atom. The Hall–Kier alpha value is -1.71. The van der Waals surface area contributed by atoms with E-state index in [2.05, 4.69) is 15.4 Å². The standard InChI is InChI=1S/C14H22N4O4S/c1-15-23(21,22)12-4-5-13(14(9-12)18(19)20)17-8-6-11-3-2-7-16-10-11/h4-5,9,11,15-17H,2-3,6-8,10H2,1H3. The van der Waals surface area contributed by atoms with Gasteiger partial charge in [0.15, 0.2) is 0 Å². The molecule has 128 valence electrons. The van der Waals surface area contributed by atoms with Crippen molar-refractivity contribution in [1.29, 1.82) is 0 Å². The third kappa shape index (κ3) is 4.63. The zero-order valence-electron chi connectivity index (χ0n) is 13.0. The van der Waals surface area contributed by atoms with E-state index < -0.39 is 14.9 Å². The maximum Gasteiger partial charge on any atom is 0.293 e. The molecule has 1 aliphatic heterocycles. The molecule has 1 aromatic carbocycles. The van der Waals surface area contributed by atoms with Crippen LogP contribution in [0.25, 0.3) is 0 Å². The molecule has 0 aliphatic carbocycles. The molecule has 1 heterocycles. The fourth-order valence-electron chi connectivity index (χ4n) is 2.68. The van der Waals surface area contributed by atoms with Crippen LogP contribution in [0.1, 0.15) is 19.3 Å². The lowest BCUT2D eigenvalue weighted by atomic mass is 9.96. The average Bonchev–Trinajstić information content (AvgIpc) is 2.55. The minimum absolute atomic E-state index is 0.117. The van der Waals surface area contributed by atoms with Crippen molar-refractivity contribution < 1.29 is 13.3 Å². The molecule has 0 saturated carbocycles. The summed E-state index contributed by atoms with van der Waals surface area (Å²) in [5.41, 5.74) is 0.108. The Balaban J connectivity index is 2.07. The number of rotatable bonds is 7. The fraction of sp³-hybridized carbons (Fsp3) is 0.571. The molecule has 1 saturated heterocycles. The van der Waals surface area contributed by atoms with Gasteiger partial charge in [0.1, 0.15) is 5.69 Å². The SMILES string of the molecule is CNS(=O)(=O)c1ccc(NCCC2CCCNC2)c([N+](=O)[O-])c1. The number of nitrogens with one attached hydrogen (secondary N) is 3. The van der Waals surface area contributed by atoms with Crippen molar-refractivity contribution >= 4 is 21.4 Å². The lowest BCUT2D eigenvalue weighted by molar-refractivity contribution is -0.384. The predicted molar refractivity (Wildman–Crippen MR) is 88.0 cm³/mol. The van der Waals surface area contributed by atoms with Crippen LogP contribution >= 0.6 is 0 Å². The lowest BCUT2D eigenvalue weighted by Crippen LogP contribution is -2.30. The van der Waals surface area contributed by atoms with E-state index in [9.17, 15) is 18.5 Å². The Kier molecular flexibility index (Phi) is 5.91. The molecule has 1 aromatic rings. The summed E-state index contributed by atoms with van der Waals surface area (Å²) in [6.07, 6.45) is 3.23. The van der Waals surface area contributed by atoms with Gasteiger partial charge in [0.2, 0.25) is 10.0 Å². The second kappa shape index (κ2) is 7.71. The van der Waals surface area contributed by atoms with E-state index >= 15 is 0 Å². The van der Waals surface area contributed by atoms with E-state index in [0.717, 1.165) is 38.4 Å². The van der Waals surface area contributed by atoms with Crippen LogP contribution in [-0.2, 0) is 10.0 Å². The summed E-state index contributed by atoms with van der Waals surface area (Å²) < 4.78 is 25.6. The molecule has 0 bridgehead atoms. The molecular formula is C14H22N4O4S. The second-order valence-corrected chi connectivity index (χ2v) is 7.46. The van der Waals surface area contributed by atoms with E-state index in [1.807, 2.05) is 0 Å². The highest BCUT2D eigenvalue weighted by atomic mass is 32.2. The van der Waals surface area contributed by atoms with Crippen LogP contribution < -0.4 is 15.4 Å². The summed E-state index contributed by atoms with van der Waals surface area (Å²) in [6, 6.07) is 3.89. The topological polar surface area (TPSA) is 113 Å². The van der Waals surface area contributed by atoms with E-state index in [1.54, 1.807) is 0 Å². The molecule has 1 fully saturated rings. The van der Waals surface area contributed by atoms with Crippen molar-refractivity contribution in [2.75, 3.05) is 32.0 Å². The van der Waals surface area contributed by atoms with Crippen molar-refractivity contribution in [3.05, 3.63) is 28.3 Å². The molecule has 1 unspecified atom stereocenters. The number of hydrogen-bond donors (Lipinski definition) is 3. The third-order valence-corrected chi connectivity index (χ3v) is 5.42. The molecule has 1 atom stereocenters. The Morgan fingerprint density at radius 3 is 2.83 bits per heavy atom. The van der Waals surface area contributed by atoms with Crippen molar-refractivity contribution in [2.24, 2.45) is 5.92 Å². The number of sulfonamides is 1. The monoisotopic (exact) mass is 342 g/mol. The van der Waals surface area contributed by atoms with Crippen molar-refractivity contribution in [1.82, 2.24) is 10.0 Å². The number of benzene rings is 1. The number of nitro benzene ring substituents is 1. The molecule has 0 amide bonds. The second-order valence-electron chi connectivity index (χ2n) is 5.57. The van der Waals surface area contributed by atoms with Gasteiger partial charge in [0.05, 0.1) is 9.82 Å². The van der Waals surface area contributed by atoms with Crippen molar-refractivity contribution in [2.45, 2.75) is 24.2 Å². The van der Waals surface area contributed by atoms with Crippen LogP contribution in [-0.4, -0.2) is 40.0 Å². The van der Waals surface area contributed by atoms with Gasteiger partial charge in [-0.15, -0.1) is 0 Å². The lowest BCUT2D eigenvalue weighted by Gasteiger charge is -2.22. The van der Waals surface area contributed by atoms with Crippen molar-refractivity contribution in [3.63, 3.8) is 0 Å². The molecule has 1 aliphatic rings. The highest BCUT2D eigenvalue weighted by Crippen LogP contribution is 2.27. The fourth-order valence-corrected chi connectivity index (χ4v) is 3.43. The Labute approximate surface area is 135 Å².